The molecule has 0 saturated heterocycles. The summed E-state index contributed by atoms with van der Waals surface area (Å²) >= 11 is 3.21. The van der Waals surface area contributed by atoms with Gasteiger partial charge in [0.05, 0.1) is 0 Å². The minimum Gasteiger partial charge on any atom is -0.480 e. The van der Waals surface area contributed by atoms with Crippen molar-refractivity contribution in [1.29, 1.82) is 0 Å². The average molecular weight is 258 g/mol. The molecule has 0 radical (unpaired) electrons. The van der Waals surface area contributed by atoms with Crippen LogP contribution in [0.3, 0.4) is 0 Å². The molecule has 1 aromatic rings. The van der Waals surface area contributed by atoms with Gasteiger partial charge >= 0.3 is 5.97 Å². The zero-order valence-electron chi connectivity index (χ0n) is 9.90. The number of hydrogen-bond donors (Lipinski definition) is 1. The van der Waals surface area contributed by atoms with Crippen molar-refractivity contribution in [1.82, 2.24) is 0 Å². The van der Waals surface area contributed by atoms with Gasteiger partial charge in [0, 0.05) is 10.6 Å². The van der Waals surface area contributed by atoms with Gasteiger partial charge in [-0.05, 0) is 23.3 Å². The number of hydrogen-bond acceptors (Lipinski definition) is 3. The number of carboxylic acid groups (broad SMARTS) is 1. The van der Waals surface area contributed by atoms with Crippen molar-refractivity contribution < 1.29 is 9.90 Å². The highest BCUT2D eigenvalue weighted by atomic mass is 32.2. The zero-order chi connectivity index (χ0) is 12.2. The van der Waals surface area contributed by atoms with Crippen molar-refractivity contribution >= 4 is 29.1 Å². The van der Waals surface area contributed by atoms with Crippen LogP contribution in [-0.2, 0) is 10.5 Å². The molecule has 1 N–H and O–H groups in total. The smallest absolute Gasteiger partial charge is 0.316 e. The van der Waals surface area contributed by atoms with E-state index in [9.17, 15) is 4.79 Å². The van der Waals surface area contributed by atoms with Gasteiger partial charge < -0.3 is 5.11 Å². The number of thioether (sulfide) groups is 1. The minimum atomic E-state index is -0.698. The normalized spacial score (nSPS) is 13.7. The summed E-state index contributed by atoms with van der Waals surface area (Å²) in [6.07, 6.45) is 0.707. The molecule has 0 aliphatic rings. The minimum absolute atomic E-state index is 0.0610. The first kappa shape index (κ1) is 13.6. The van der Waals surface area contributed by atoms with E-state index in [0.29, 0.717) is 6.42 Å². The second kappa shape index (κ2) is 5.73. The van der Waals surface area contributed by atoms with Crippen LogP contribution in [0.1, 0.15) is 32.1 Å². The van der Waals surface area contributed by atoms with E-state index < -0.39 is 5.97 Å². The molecule has 1 atom stereocenters. The Hall–Kier alpha value is -0.480. The molecule has 2 nitrogen and oxygen atoms in total. The lowest BCUT2D eigenvalue weighted by molar-refractivity contribution is -0.136. The molecule has 1 rings (SSSR count). The monoisotopic (exact) mass is 258 g/mol. The Morgan fingerprint density at radius 3 is 2.69 bits per heavy atom. The first-order valence-corrected chi connectivity index (χ1v) is 7.18. The fourth-order valence-electron chi connectivity index (χ4n) is 1.35. The molecule has 0 amide bonds. The molecule has 0 bridgehead atoms. The molecular weight excluding hydrogens is 240 g/mol. The first-order chi connectivity index (χ1) is 7.38. The Bertz CT molecular complexity index is 325. The van der Waals surface area contributed by atoms with E-state index in [1.807, 2.05) is 17.5 Å². The molecule has 4 heteroatoms. The molecule has 1 aromatic heterocycles. The van der Waals surface area contributed by atoms with E-state index in [2.05, 4.69) is 20.8 Å². The van der Waals surface area contributed by atoms with Gasteiger partial charge in [-0.15, -0.1) is 23.1 Å². The van der Waals surface area contributed by atoms with Crippen molar-refractivity contribution in [3.63, 3.8) is 0 Å². The SMILES string of the molecule is CC(C)(C)CC(SCc1cccs1)C(=O)O. The van der Waals surface area contributed by atoms with Crippen LogP contribution in [0, 0.1) is 5.41 Å². The Morgan fingerprint density at radius 2 is 2.25 bits per heavy atom. The van der Waals surface area contributed by atoms with Crippen LogP contribution < -0.4 is 0 Å². The summed E-state index contributed by atoms with van der Waals surface area (Å²) in [5.41, 5.74) is 0.0610. The Kier molecular flexibility index (Phi) is 4.87. The van der Waals surface area contributed by atoms with Gasteiger partial charge in [0.25, 0.3) is 0 Å². The van der Waals surface area contributed by atoms with Gasteiger partial charge in [0.15, 0.2) is 0 Å². The summed E-state index contributed by atoms with van der Waals surface area (Å²) in [5, 5.41) is 10.9. The van der Waals surface area contributed by atoms with E-state index in [1.165, 1.54) is 16.6 Å². The van der Waals surface area contributed by atoms with E-state index in [1.54, 1.807) is 11.3 Å². The molecule has 1 heterocycles. The zero-order valence-corrected chi connectivity index (χ0v) is 11.5. The van der Waals surface area contributed by atoms with E-state index in [-0.39, 0.29) is 10.7 Å². The molecule has 0 fully saturated rings. The third-order valence-corrected chi connectivity index (χ3v) is 4.39. The van der Waals surface area contributed by atoms with Crippen LogP contribution in [-0.4, -0.2) is 16.3 Å². The van der Waals surface area contributed by atoms with Crippen molar-refractivity contribution in [3.05, 3.63) is 22.4 Å². The van der Waals surface area contributed by atoms with Gasteiger partial charge in [-0.3, -0.25) is 4.79 Å². The summed E-state index contributed by atoms with van der Waals surface area (Å²) < 4.78 is 0. The van der Waals surface area contributed by atoms with Crippen LogP contribution in [0.5, 0.6) is 0 Å². The highest BCUT2D eigenvalue weighted by Gasteiger charge is 2.24. The van der Waals surface area contributed by atoms with Crippen LogP contribution >= 0.6 is 23.1 Å². The van der Waals surface area contributed by atoms with Crippen LogP contribution in [0.15, 0.2) is 17.5 Å². The third-order valence-electron chi connectivity index (χ3n) is 2.08. The molecule has 0 aromatic carbocycles. The summed E-state index contributed by atoms with van der Waals surface area (Å²) in [6.45, 7) is 6.23. The molecule has 0 saturated carbocycles. The van der Waals surface area contributed by atoms with Crippen molar-refractivity contribution in [3.8, 4) is 0 Å². The first-order valence-electron chi connectivity index (χ1n) is 5.25. The average Bonchev–Trinajstić information content (AvgIpc) is 2.62. The summed E-state index contributed by atoms with van der Waals surface area (Å²) in [6, 6.07) is 4.05. The maximum absolute atomic E-state index is 11.1. The van der Waals surface area contributed by atoms with Crippen LogP contribution in [0.4, 0.5) is 0 Å². The van der Waals surface area contributed by atoms with Crippen molar-refractivity contribution in [2.45, 2.75) is 38.2 Å². The summed E-state index contributed by atoms with van der Waals surface area (Å²) in [7, 11) is 0. The van der Waals surface area contributed by atoms with Crippen molar-refractivity contribution in [2.24, 2.45) is 5.41 Å². The molecule has 1 unspecified atom stereocenters. The molecule has 0 aliphatic carbocycles. The Morgan fingerprint density at radius 1 is 1.56 bits per heavy atom. The van der Waals surface area contributed by atoms with Crippen LogP contribution in [0.2, 0.25) is 0 Å². The lowest BCUT2D eigenvalue weighted by Gasteiger charge is -2.22. The third kappa shape index (κ3) is 5.03. The van der Waals surface area contributed by atoms with Gasteiger partial charge in [-0.2, -0.15) is 0 Å². The second-order valence-corrected chi connectivity index (χ2v) is 7.21. The number of rotatable bonds is 5. The van der Waals surface area contributed by atoms with Crippen molar-refractivity contribution in [2.75, 3.05) is 0 Å². The van der Waals surface area contributed by atoms with Gasteiger partial charge in [0.2, 0.25) is 0 Å². The number of thiophene rings is 1. The molecular formula is C12H18O2S2. The van der Waals surface area contributed by atoms with E-state index >= 15 is 0 Å². The number of carbonyl (C=O) groups is 1. The lowest BCUT2D eigenvalue weighted by atomic mass is 9.90. The van der Waals surface area contributed by atoms with E-state index in [0.717, 1.165) is 5.75 Å². The molecule has 0 aliphatic heterocycles. The standard InChI is InChI=1S/C12H18O2S2/c1-12(2,3)7-10(11(13)14)16-8-9-5-4-6-15-9/h4-6,10H,7-8H2,1-3H3,(H,13,14). The quantitative estimate of drug-likeness (QED) is 0.871. The molecule has 90 valence electrons. The molecule has 16 heavy (non-hydrogen) atoms. The topological polar surface area (TPSA) is 37.3 Å². The summed E-state index contributed by atoms with van der Waals surface area (Å²) in [4.78, 5) is 12.4. The summed E-state index contributed by atoms with van der Waals surface area (Å²) in [5.74, 6) is 0.0986. The Balaban J connectivity index is 2.49. The highest BCUT2D eigenvalue weighted by Crippen LogP contribution is 2.30. The molecule has 0 spiro atoms. The van der Waals surface area contributed by atoms with Gasteiger partial charge in [0.1, 0.15) is 5.25 Å². The fraction of sp³-hybridized carbons (Fsp3) is 0.583. The fourth-order valence-corrected chi connectivity index (χ4v) is 3.54. The number of aliphatic carboxylic acids is 1. The Labute approximate surface area is 105 Å². The maximum atomic E-state index is 11.1. The van der Waals surface area contributed by atoms with Gasteiger partial charge in [-0.25, -0.2) is 0 Å². The lowest BCUT2D eigenvalue weighted by Crippen LogP contribution is -2.23. The highest BCUT2D eigenvalue weighted by molar-refractivity contribution is 7.99. The van der Waals surface area contributed by atoms with E-state index in [4.69, 9.17) is 5.11 Å². The second-order valence-electron chi connectivity index (χ2n) is 4.98. The van der Waals surface area contributed by atoms with Crippen LogP contribution in [0.25, 0.3) is 0 Å². The number of carboxylic acids is 1. The maximum Gasteiger partial charge on any atom is 0.316 e. The van der Waals surface area contributed by atoms with Gasteiger partial charge in [-0.1, -0.05) is 26.8 Å². The largest absolute Gasteiger partial charge is 0.480 e. The predicted octanol–water partition coefficient (Wildman–Crippen LogP) is 3.87. The predicted molar refractivity (Wildman–Crippen MR) is 71.1 cm³/mol.